The molecule has 1 aromatic carbocycles. The molecule has 2 heterocycles. The van der Waals surface area contributed by atoms with Gasteiger partial charge in [0.2, 0.25) is 0 Å². The van der Waals surface area contributed by atoms with E-state index in [0.717, 1.165) is 38.3 Å². The molecular formula is C20H27N5O. The number of anilines is 2. The van der Waals surface area contributed by atoms with E-state index in [1.165, 1.54) is 11.3 Å². The number of amides is 1. The van der Waals surface area contributed by atoms with Gasteiger partial charge in [-0.25, -0.2) is 0 Å². The quantitative estimate of drug-likeness (QED) is 0.809. The molecule has 0 spiro atoms. The predicted octanol–water partition coefficient (Wildman–Crippen LogP) is 2.96. The van der Waals surface area contributed by atoms with Crippen LogP contribution in [0.25, 0.3) is 0 Å². The van der Waals surface area contributed by atoms with Gasteiger partial charge in [0.1, 0.15) is 5.82 Å². The average Bonchev–Trinajstić information content (AvgIpc) is 2.68. The fourth-order valence-electron chi connectivity index (χ4n) is 3.09. The number of rotatable bonds is 6. The maximum absolute atomic E-state index is 12.7. The number of carbonyl (C=O) groups is 1. The number of aromatic nitrogens is 2. The molecule has 0 atom stereocenters. The van der Waals surface area contributed by atoms with E-state index in [4.69, 9.17) is 0 Å². The number of nitrogens with one attached hydrogen (secondary N) is 1. The molecule has 6 nitrogen and oxygen atoms in total. The molecule has 1 aromatic heterocycles. The van der Waals surface area contributed by atoms with Gasteiger partial charge in [0, 0.05) is 38.4 Å². The van der Waals surface area contributed by atoms with E-state index in [2.05, 4.69) is 58.5 Å². The number of carbonyl (C=O) groups excluding carboxylic acids is 1. The summed E-state index contributed by atoms with van der Waals surface area (Å²) >= 11 is 0. The summed E-state index contributed by atoms with van der Waals surface area (Å²) in [6, 6.07) is 12.1. The monoisotopic (exact) mass is 353 g/mol. The molecule has 1 N–H and O–H groups in total. The summed E-state index contributed by atoms with van der Waals surface area (Å²) in [6.45, 7) is 8.18. The molecular weight excluding hydrogens is 326 g/mol. The smallest absolute Gasteiger partial charge is 0.274 e. The predicted molar refractivity (Wildman–Crippen MR) is 105 cm³/mol. The topological polar surface area (TPSA) is 61.4 Å². The number of hydrogen-bond donors (Lipinski definition) is 1. The van der Waals surface area contributed by atoms with Crippen molar-refractivity contribution in [2.75, 3.05) is 42.9 Å². The van der Waals surface area contributed by atoms with Crippen LogP contribution in [0, 0.1) is 6.92 Å². The van der Waals surface area contributed by atoms with Gasteiger partial charge in [0.25, 0.3) is 5.91 Å². The molecule has 0 aliphatic carbocycles. The van der Waals surface area contributed by atoms with Crippen LogP contribution in [0.5, 0.6) is 0 Å². The lowest BCUT2D eigenvalue weighted by molar-refractivity contribution is 0.0739. The number of unbranched alkanes of at least 4 members (excludes halogenated alkanes) is 1. The highest BCUT2D eigenvalue weighted by Crippen LogP contribution is 2.18. The van der Waals surface area contributed by atoms with Crippen molar-refractivity contribution in [3.63, 3.8) is 0 Å². The SMILES string of the molecule is CCCCNc1ccc(C(=O)N2CCN(c3cccc(C)c3)CC2)nn1. The Kier molecular flexibility index (Phi) is 6.04. The van der Waals surface area contributed by atoms with E-state index in [1.807, 2.05) is 11.0 Å². The first kappa shape index (κ1) is 18.2. The Morgan fingerprint density at radius 3 is 2.58 bits per heavy atom. The van der Waals surface area contributed by atoms with Crippen LogP contribution in [-0.2, 0) is 0 Å². The first-order valence-electron chi connectivity index (χ1n) is 9.36. The second-order valence-corrected chi connectivity index (χ2v) is 6.70. The summed E-state index contributed by atoms with van der Waals surface area (Å²) in [7, 11) is 0. The lowest BCUT2D eigenvalue weighted by Crippen LogP contribution is -2.49. The van der Waals surface area contributed by atoms with Crippen molar-refractivity contribution in [3.8, 4) is 0 Å². The van der Waals surface area contributed by atoms with Crippen molar-refractivity contribution in [3.05, 3.63) is 47.7 Å². The summed E-state index contributed by atoms with van der Waals surface area (Å²) in [5.41, 5.74) is 2.89. The fraction of sp³-hybridized carbons (Fsp3) is 0.450. The molecule has 0 unspecified atom stereocenters. The van der Waals surface area contributed by atoms with Crippen LogP contribution in [0.15, 0.2) is 36.4 Å². The minimum absolute atomic E-state index is 0.0403. The van der Waals surface area contributed by atoms with Gasteiger partial charge in [0.15, 0.2) is 5.69 Å². The summed E-state index contributed by atoms with van der Waals surface area (Å²) in [5.74, 6) is 0.681. The molecule has 1 fully saturated rings. The molecule has 0 radical (unpaired) electrons. The Balaban J connectivity index is 1.54. The van der Waals surface area contributed by atoms with Crippen molar-refractivity contribution >= 4 is 17.4 Å². The summed E-state index contributed by atoms with van der Waals surface area (Å²) in [5, 5.41) is 11.4. The maximum Gasteiger partial charge on any atom is 0.274 e. The summed E-state index contributed by atoms with van der Waals surface area (Å²) < 4.78 is 0. The standard InChI is InChI=1S/C20H27N5O/c1-3-4-10-21-19-9-8-18(22-23-19)20(26)25-13-11-24(12-14-25)17-7-5-6-16(2)15-17/h5-9,15H,3-4,10-14H2,1-2H3,(H,21,23). The van der Waals surface area contributed by atoms with Gasteiger partial charge >= 0.3 is 0 Å². The molecule has 26 heavy (non-hydrogen) atoms. The first-order valence-corrected chi connectivity index (χ1v) is 9.36. The third-order valence-electron chi connectivity index (χ3n) is 4.65. The molecule has 1 amide bonds. The number of piperazine rings is 1. The highest BCUT2D eigenvalue weighted by atomic mass is 16.2. The average molecular weight is 353 g/mol. The molecule has 1 saturated heterocycles. The van der Waals surface area contributed by atoms with Gasteiger partial charge in [0.05, 0.1) is 0 Å². The molecule has 3 rings (SSSR count). The van der Waals surface area contributed by atoms with Crippen LogP contribution in [0.3, 0.4) is 0 Å². The van der Waals surface area contributed by atoms with Crippen LogP contribution < -0.4 is 10.2 Å². The van der Waals surface area contributed by atoms with Crippen LogP contribution >= 0.6 is 0 Å². The minimum Gasteiger partial charge on any atom is -0.369 e. The van der Waals surface area contributed by atoms with E-state index in [0.29, 0.717) is 18.8 Å². The molecule has 1 aliphatic heterocycles. The van der Waals surface area contributed by atoms with Crippen LogP contribution in [0.2, 0.25) is 0 Å². The van der Waals surface area contributed by atoms with E-state index >= 15 is 0 Å². The number of benzene rings is 1. The first-order chi connectivity index (χ1) is 12.7. The Hall–Kier alpha value is -2.63. The third kappa shape index (κ3) is 4.50. The van der Waals surface area contributed by atoms with E-state index in [-0.39, 0.29) is 5.91 Å². The highest BCUT2D eigenvalue weighted by molar-refractivity contribution is 5.92. The summed E-state index contributed by atoms with van der Waals surface area (Å²) in [4.78, 5) is 16.8. The zero-order valence-electron chi connectivity index (χ0n) is 15.6. The van der Waals surface area contributed by atoms with E-state index < -0.39 is 0 Å². The van der Waals surface area contributed by atoms with Gasteiger partial charge < -0.3 is 15.1 Å². The molecule has 6 heteroatoms. The normalized spacial score (nSPS) is 14.4. The minimum atomic E-state index is -0.0403. The zero-order valence-corrected chi connectivity index (χ0v) is 15.6. The molecule has 138 valence electrons. The third-order valence-corrected chi connectivity index (χ3v) is 4.65. The Morgan fingerprint density at radius 1 is 1.12 bits per heavy atom. The second-order valence-electron chi connectivity index (χ2n) is 6.70. The highest BCUT2D eigenvalue weighted by Gasteiger charge is 2.23. The molecule has 0 saturated carbocycles. The number of hydrogen-bond acceptors (Lipinski definition) is 5. The van der Waals surface area contributed by atoms with Crippen LogP contribution in [-0.4, -0.2) is 53.7 Å². The lowest BCUT2D eigenvalue weighted by atomic mass is 10.2. The van der Waals surface area contributed by atoms with Crippen molar-refractivity contribution in [2.45, 2.75) is 26.7 Å². The summed E-state index contributed by atoms with van der Waals surface area (Å²) in [6.07, 6.45) is 2.22. The molecule has 1 aliphatic rings. The van der Waals surface area contributed by atoms with Crippen molar-refractivity contribution < 1.29 is 4.79 Å². The van der Waals surface area contributed by atoms with Gasteiger partial charge in [-0.05, 0) is 43.2 Å². The zero-order chi connectivity index (χ0) is 18.4. The van der Waals surface area contributed by atoms with Gasteiger partial charge in [-0.3, -0.25) is 4.79 Å². The lowest BCUT2D eigenvalue weighted by Gasteiger charge is -2.36. The molecule has 2 aromatic rings. The van der Waals surface area contributed by atoms with Crippen molar-refractivity contribution in [1.82, 2.24) is 15.1 Å². The van der Waals surface area contributed by atoms with Crippen LogP contribution in [0.4, 0.5) is 11.5 Å². The van der Waals surface area contributed by atoms with Gasteiger partial charge in [-0.15, -0.1) is 10.2 Å². The number of aryl methyl sites for hydroxylation is 1. The molecule has 0 bridgehead atoms. The van der Waals surface area contributed by atoms with E-state index in [1.54, 1.807) is 6.07 Å². The largest absolute Gasteiger partial charge is 0.369 e. The van der Waals surface area contributed by atoms with Crippen LogP contribution in [0.1, 0.15) is 35.8 Å². The Morgan fingerprint density at radius 2 is 1.92 bits per heavy atom. The maximum atomic E-state index is 12.7. The Bertz CT molecular complexity index is 723. The van der Waals surface area contributed by atoms with E-state index in [9.17, 15) is 4.79 Å². The van der Waals surface area contributed by atoms with Crippen molar-refractivity contribution in [2.24, 2.45) is 0 Å². The fourth-order valence-corrected chi connectivity index (χ4v) is 3.09. The number of nitrogens with zero attached hydrogens (tertiary/aromatic N) is 4. The van der Waals surface area contributed by atoms with Crippen molar-refractivity contribution in [1.29, 1.82) is 0 Å². The second kappa shape index (κ2) is 8.65. The van der Waals surface area contributed by atoms with Gasteiger partial charge in [-0.1, -0.05) is 25.5 Å². The Labute approximate surface area is 155 Å². The van der Waals surface area contributed by atoms with Gasteiger partial charge in [-0.2, -0.15) is 0 Å².